The quantitative estimate of drug-likeness (QED) is 0.0968. The van der Waals surface area contributed by atoms with E-state index in [2.05, 4.69) is 103 Å². The Morgan fingerprint density at radius 2 is 1.06 bits per heavy atom. The first-order valence-corrected chi connectivity index (χ1v) is 17.6. The van der Waals surface area contributed by atoms with Gasteiger partial charge >= 0.3 is 29.6 Å². The Labute approximate surface area is 357 Å². The van der Waals surface area contributed by atoms with Gasteiger partial charge in [0.2, 0.25) is 0 Å². The summed E-state index contributed by atoms with van der Waals surface area (Å²) in [6.07, 6.45) is 4.80. The average molecular weight is 784 g/mol. The van der Waals surface area contributed by atoms with Crippen molar-refractivity contribution in [2.75, 3.05) is 13.1 Å². The summed E-state index contributed by atoms with van der Waals surface area (Å²) in [5, 5.41) is 5.26. The van der Waals surface area contributed by atoms with E-state index in [-0.39, 0.29) is 75.0 Å². The fourth-order valence-corrected chi connectivity index (χ4v) is 5.43. The maximum absolute atomic E-state index is 10.4. The van der Waals surface area contributed by atoms with Gasteiger partial charge in [0, 0.05) is 30.6 Å². The number of aryl methyl sites for hydroxylation is 2. The number of aldehydes is 1. The summed E-state index contributed by atoms with van der Waals surface area (Å²) >= 11 is 12.1. The molecule has 0 aromatic heterocycles. The molecule has 0 amide bonds. The zero-order chi connectivity index (χ0) is 35.0. The third-order valence-corrected chi connectivity index (χ3v) is 8.80. The molecule has 0 saturated carbocycles. The Bertz CT molecular complexity index is 1530. The van der Waals surface area contributed by atoms with Gasteiger partial charge in [-0.3, -0.25) is 4.79 Å². The number of nitrogens with two attached hydrogens (primary N) is 1. The van der Waals surface area contributed by atoms with Crippen molar-refractivity contribution in [1.82, 2.24) is 5.32 Å². The van der Waals surface area contributed by atoms with E-state index in [0.29, 0.717) is 6.54 Å². The standard InChI is InChI=1S/C21H28ClN.C11H14O.C10H14ClN.B.2ClH.Na.H/c1-5-18-14-16(8-11-20(18)22)12-13-23-15-17-6-9-19(10-7-17)21(2,3)4;1-11(2,3)10-6-4-9(8-12)5-7-10;1-2-9-7-8(5-6-12)3-4-10(9)11;;;;;/h6-11,14,23H,5,12-13,15H2,1-4H3;4-8H,1-3H3;3-4,7H,2,5-6,12H2,1H3;;2*1H;;/q;;;;;;+1;-1. The molecule has 0 fully saturated rings. The summed E-state index contributed by atoms with van der Waals surface area (Å²) in [6.45, 7) is 20.0. The zero-order valence-electron chi connectivity index (χ0n) is 33.2. The zero-order valence-corrected chi connectivity index (χ0v) is 37.4. The topological polar surface area (TPSA) is 55.1 Å². The van der Waals surface area contributed by atoms with Gasteiger partial charge in [0.25, 0.3) is 0 Å². The van der Waals surface area contributed by atoms with E-state index < -0.39 is 0 Å². The molecule has 0 atom stereocenters. The summed E-state index contributed by atoms with van der Waals surface area (Å²) in [5.41, 5.74) is 15.6. The molecule has 9 heteroatoms. The van der Waals surface area contributed by atoms with Crippen molar-refractivity contribution < 1.29 is 35.8 Å². The van der Waals surface area contributed by atoms with Gasteiger partial charge in [0.15, 0.2) is 0 Å². The third kappa shape index (κ3) is 20.1. The van der Waals surface area contributed by atoms with Crippen LogP contribution in [-0.2, 0) is 43.1 Å². The van der Waals surface area contributed by atoms with E-state index in [4.69, 9.17) is 28.9 Å². The molecule has 0 aliphatic heterocycles. The van der Waals surface area contributed by atoms with Crippen LogP contribution in [0, 0.1) is 0 Å². The number of halogens is 4. The molecule has 4 rings (SSSR count). The average Bonchev–Trinajstić information content (AvgIpc) is 3.05. The molecule has 0 aliphatic carbocycles. The van der Waals surface area contributed by atoms with Gasteiger partial charge in [-0.05, 0) is 101 Å². The van der Waals surface area contributed by atoms with Gasteiger partial charge in [-0.2, -0.15) is 0 Å². The van der Waals surface area contributed by atoms with Crippen LogP contribution in [0.4, 0.5) is 0 Å². The van der Waals surface area contributed by atoms with Crippen molar-refractivity contribution in [3.63, 3.8) is 0 Å². The number of hydrogen-bond donors (Lipinski definition) is 2. The summed E-state index contributed by atoms with van der Waals surface area (Å²) in [5.74, 6) is 0. The van der Waals surface area contributed by atoms with Crippen LogP contribution in [0.15, 0.2) is 84.9 Å². The van der Waals surface area contributed by atoms with E-state index >= 15 is 0 Å². The van der Waals surface area contributed by atoms with Crippen molar-refractivity contribution in [3.05, 3.63) is 139 Å². The van der Waals surface area contributed by atoms with Crippen LogP contribution >= 0.6 is 48.0 Å². The molecule has 0 heterocycles. The second kappa shape index (κ2) is 27.3. The molecule has 0 unspecified atom stereocenters. The van der Waals surface area contributed by atoms with Crippen LogP contribution in [0.3, 0.4) is 0 Å². The molecule has 51 heavy (non-hydrogen) atoms. The third-order valence-electron chi connectivity index (χ3n) is 8.07. The number of nitrogens with one attached hydrogen (secondary N) is 1. The van der Waals surface area contributed by atoms with Crippen molar-refractivity contribution >= 4 is 62.7 Å². The number of carbonyl (C=O) groups excluding carboxylic acids is 1. The molecular formula is C42H59BCl4N2NaO. The van der Waals surface area contributed by atoms with Gasteiger partial charge in [-0.25, -0.2) is 0 Å². The Kier molecular flexibility index (Phi) is 28.9. The second-order valence-electron chi connectivity index (χ2n) is 14.0. The van der Waals surface area contributed by atoms with Crippen molar-refractivity contribution in [2.24, 2.45) is 5.73 Å². The molecule has 0 saturated heterocycles. The molecule has 0 bridgehead atoms. The first-order valence-electron chi connectivity index (χ1n) is 16.8. The van der Waals surface area contributed by atoms with E-state index in [0.717, 1.165) is 60.7 Å². The summed E-state index contributed by atoms with van der Waals surface area (Å²) in [7, 11) is 0. The first-order chi connectivity index (χ1) is 22.2. The predicted octanol–water partition coefficient (Wildman–Crippen LogP) is 8.31. The minimum absolute atomic E-state index is 0. The summed E-state index contributed by atoms with van der Waals surface area (Å²) < 4.78 is 0. The molecule has 275 valence electrons. The fraction of sp³-hybridized carbons (Fsp3) is 0.405. The Hall–Kier alpha value is -1.31. The van der Waals surface area contributed by atoms with Crippen molar-refractivity contribution in [1.29, 1.82) is 0 Å². The first kappa shape index (κ1) is 54.0. The number of benzene rings is 4. The van der Waals surface area contributed by atoms with E-state index in [1.807, 2.05) is 42.5 Å². The van der Waals surface area contributed by atoms with E-state index in [1.165, 1.54) is 38.9 Å². The van der Waals surface area contributed by atoms with Crippen LogP contribution in [0.2, 0.25) is 10.0 Å². The molecule has 4 aromatic rings. The summed E-state index contributed by atoms with van der Waals surface area (Å²) in [4.78, 5) is 10.4. The van der Waals surface area contributed by atoms with Gasteiger partial charge in [0.05, 0.1) is 0 Å². The van der Waals surface area contributed by atoms with Crippen LogP contribution in [-0.4, -0.2) is 27.8 Å². The van der Waals surface area contributed by atoms with E-state index in [9.17, 15) is 4.79 Å². The Morgan fingerprint density at radius 1 is 0.667 bits per heavy atom. The van der Waals surface area contributed by atoms with Gasteiger partial charge in [0.1, 0.15) is 6.29 Å². The maximum atomic E-state index is 10.4. The molecular weight excluding hydrogens is 724 g/mol. The van der Waals surface area contributed by atoms with Crippen LogP contribution in [0.25, 0.3) is 0 Å². The van der Waals surface area contributed by atoms with E-state index in [1.54, 1.807) is 0 Å². The minimum Gasteiger partial charge on any atom is -1.00 e. The smallest absolute Gasteiger partial charge is 1.00 e. The fourth-order valence-electron chi connectivity index (χ4n) is 4.93. The molecule has 4 aromatic carbocycles. The Morgan fingerprint density at radius 3 is 1.43 bits per heavy atom. The Balaban J connectivity index is -0.000000343. The predicted molar refractivity (Wildman–Crippen MR) is 227 cm³/mol. The molecule has 0 aliphatic rings. The van der Waals surface area contributed by atoms with Crippen molar-refractivity contribution in [3.8, 4) is 0 Å². The normalized spacial score (nSPS) is 10.3. The van der Waals surface area contributed by atoms with Crippen molar-refractivity contribution in [2.45, 2.75) is 98.4 Å². The van der Waals surface area contributed by atoms with Gasteiger partial charge in [-0.15, -0.1) is 24.8 Å². The monoisotopic (exact) mass is 781 g/mol. The van der Waals surface area contributed by atoms with Gasteiger partial charge in [-0.1, -0.05) is 151 Å². The molecule has 3 nitrogen and oxygen atoms in total. The number of carbonyl (C=O) groups is 1. The minimum atomic E-state index is 0. The number of rotatable bonds is 10. The van der Waals surface area contributed by atoms with Crippen LogP contribution < -0.4 is 40.6 Å². The summed E-state index contributed by atoms with van der Waals surface area (Å²) in [6, 6.07) is 29.1. The van der Waals surface area contributed by atoms with Crippen LogP contribution in [0.1, 0.15) is 106 Å². The molecule has 3 radical (unpaired) electrons. The number of hydrogen-bond acceptors (Lipinski definition) is 3. The largest absolute Gasteiger partial charge is 1.00 e. The molecule has 3 N–H and O–H groups in total. The molecule has 0 spiro atoms. The SMILES string of the molecule is CC(C)(C)c1ccc(C=O)cc1.CCc1cc(CCN)ccc1Cl.CCc1cc(CCNCc2ccc(C(C)(C)C)cc2)ccc1Cl.Cl.Cl.[B].[H-].[Na+]. The van der Waals surface area contributed by atoms with Gasteiger partial charge < -0.3 is 12.5 Å². The second-order valence-corrected chi connectivity index (χ2v) is 14.8. The maximum Gasteiger partial charge on any atom is 1.00 e. The van der Waals surface area contributed by atoms with Crippen LogP contribution in [0.5, 0.6) is 0 Å².